The van der Waals surface area contributed by atoms with E-state index < -0.39 is 0 Å². The Kier molecular flexibility index (Phi) is 6.07. The van der Waals surface area contributed by atoms with E-state index in [1.165, 1.54) is 0 Å². The van der Waals surface area contributed by atoms with Crippen molar-refractivity contribution in [2.24, 2.45) is 5.92 Å². The predicted octanol–water partition coefficient (Wildman–Crippen LogP) is 0.844. The van der Waals surface area contributed by atoms with Crippen LogP contribution >= 0.6 is 0 Å². The first-order chi connectivity index (χ1) is 11.6. The number of hydrogen-bond donors (Lipinski definition) is 1. The number of nitrogens with zero attached hydrogens (tertiary/aromatic N) is 1. The molecule has 1 aliphatic heterocycles. The Balaban J connectivity index is 1.91. The fraction of sp³-hybridized carbons (Fsp3) is 0.444. The van der Waals surface area contributed by atoms with Gasteiger partial charge in [-0.2, -0.15) is 0 Å². The van der Waals surface area contributed by atoms with Gasteiger partial charge in [0.25, 0.3) is 0 Å². The summed E-state index contributed by atoms with van der Waals surface area (Å²) in [6.07, 6.45) is 6.05. The maximum atomic E-state index is 12.1. The molecule has 0 aromatic heterocycles. The summed E-state index contributed by atoms with van der Waals surface area (Å²) in [4.78, 5) is 25.7. The molecule has 1 N–H and O–H groups in total. The highest BCUT2D eigenvalue weighted by molar-refractivity contribution is 5.89. The predicted molar refractivity (Wildman–Crippen MR) is 89.8 cm³/mol. The molecule has 0 aliphatic carbocycles. The highest BCUT2D eigenvalue weighted by Gasteiger charge is 2.33. The average molecular weight is 330 g/mol. The van der Waals surface area contributed by atoms with Crippen LogP contribution in [0.3, 0.4) is 0 Å². The van der Waals surface area contributed by atoms with Crippen LogP contribution < -0.4 is 14.8 Å². The molecule has 1 saturated heterocycles. The normalized spacial score (nSPS) is 16.6. The van der Waals surface area contributed by atoms with Gasteiger partial charge < -0.3 is 19.7 Å². The van der Waals surface area contributed by atoms with Crippen LogP contribution in [0.5, 0.6) is 11.5 Å². The zero-order chi connectivity index (χ0) is 17.5. The van der Waals surface area contributed by atoms with E-state index in [2.05, 4.69) is 11.2 Å². The minimum atomic E-state index is -0.323. The van der Waals surface area contributed by atoms with Gasteiger partial charge in [0.05, 0.1) is 26.7 Å². The van der Waals surface area contributed by atoms with Crippen LogP contribution in [0.25, 0.3) is 0 Å². The molecule has 0 saturated carbocycles. The van der Waals surface area contributed by atoms with E-state index in [1.807, 2.05) is 18.2 Å². The van der Waals surface area contributed by atoms with E-state index in [4.69, 9.17) is 15.9 Å². The number of methoxy groups -OCH3 is 2. The van der Waals surface area contributed by atoms with Crippen molar-refractivity contribution in [1.82, 2.24) is 10.2 Å². The van der Waals surface area contributed by atoms with Crippen molar-refractivity contribution in [2.75, 3.05) is 33.9 Å². The molecule has 2 amide bonds. The molecule has 1 aliphatic rings. The highest BCUT2D eigenvalue weighted by atomic mass is 16.5. The van der Waals surface area contributed by atoms with Crippen molar-refractivity contribution in [3.8, 4) is 23.8 Å². The number of benzene rings is 1. The molecule has 1 atom stereocenters. The molecule has 1 aromatic carbocycles. The van der Waals surface area contributed by atoms with E-state index in [-0.39, 0.29) is 30.7 Å². The van der Waals surface area contributed by atoms with Gasteiger partial charge in [0.2, 0.25) is 11.8 Å². The van der Waals surface area contributed by atoms with E-state index in [1.54, 1.807) is 19.1 Å². The third-order valence-electron chi connectivity index (χ3n) is 4.07. The average Bonchev–Trinajstić information content (AvgIpc) is 2.98. The van der Waals surface area contributed by atoms with E-state index in [0.29, 0.717) is 31.0 Å². The molecule has 6 heteroatoms. The number of nitrogens with one attached hydrogen (secondary N) is 1. The lowest BCUT2D eigenvalue weighted by atomic mass is 10.1. The zero-order valence-corrected chi connectivity index (χ0v) is 14.0. The van der Waals surface area contributed by atoms with Crippen LogP contribution in [0.4, 0.5) is 0 Å². The van der Waals surface area contributed by atoms with Gasteiger partial charge in [-0.1, -0.05) is 12.0 Å². The first-order valence-corrected chi connectivity index (χ1v) is 7.79. The number of carbonyl (C=O) groups is 2. The van der Waals surface area contributed by atoms with Crippen molar-refractivity contribution in [2.45, 2.75) is 12.8 Å². The second-order valence-corrected chi connectivity index (χ2v) is 5.60. The number of terminal acetylenes is 1. The zero-order valence-electron chi connectivity index (χ0n) is 14.0. The SMILES string of the molecule is C#CCNC(=O)[C@@H]1CC(=O)N(CCc2ccc(OC)c(OC)c2)C1. The summed E-state index contributed by atoms with van der Waals surface area (Å²) in [5.41, 5.74) is 1.04. The Labute approximate surface area is 142 Å². The van der Waals surface area contributed by atoms with E-state index in [0.717, 1.165) is 5.56 Å². The minimum absolute atomic E-state index is 0.00339. The van der Waals surface area contributed by atoms with Gasteiger partial charge >= 0.3 is 0 Å². The van der Waals surface area contributed by atoms with Crippen molar-refractivity contribution < 1.29 is 19.1 Å². The minimum Gasteiger partial charge on any atom is -0.493 e. The summed E-state index contributed by atoms with van der Waals surface area (Å²) < 4.78 is 10.5. The third-order valence-corrected chi connectivity index (χ3v) is 4.07. The van der Waals surface area contributed by atoms with Crippen LogP contribution in [0.1, 0.15) is 12.0 Å². The smallest absolute Gasteiger partial charge is 0.226 e. The van der Waals surface area contributed by atoms with Crippen LogP contribution in [-0.2, 0) is 16.0 Å². The lowest BCUT2D eigenvalue weighted by Gasteiger charge is -2.17. The molecule has 24 heavy (non-hydrogen) atoms. The Hall–Kier alpha value is -2.68. The monoisotopic (exact) mass is 330 g/mol. The molecule has 0 spiro atoms. The first-order valence-electron chi connectivity index (χ1n) is 7.79. The van der Waals surface area contributed by atoms with Gasteiger partial charge in [-0.15, -0.1) is 6.42 Å². The number of rotatable bonds is 7. The fourth-order valence-corrected chi connectivity index (χ4v) is 2.75. The lowest BCUT2D eigenvalue weighted by Crippen LogP contribution is -2.33. The number of carbonyl (C=O) groups excluding carboxylic acids is 2. The van der Waals surface area contributed by atoms with Crippen LogP contribution in [-0.4, -0.2) is 50.6 Å². The van der Waals surface area contributed by atoms with E-state index in [9.17, 15) is 9.59 Å². The fourth-order valence-electron chi connectivity index (χ4n) is 2.75. The van der Waals surface area contributed by atoms with Gasteiger partial charge in [0, 0.05) is 19.5 Å². The molecule has 6 nitrogen and oxygen atoms in total. The summed E-state index contributed by atoms with van der Waals surface area (Å²) in [5.74, 6) is 3.21. The van der Waals surface area contributed by atoms with E-state index >= 15 is 0 Å². The Morgan fingerprint density at radius 2 is 2.12 bits per heavy atom. The number of ether oxygens (including phenoxy) is 2. The topological polar surface area (TPSA) is 67.9 Å². The van der Waals surface area contributed by atoms with Crippen LogP contribution in [0, 0.1) is 18.3 Å². The molecule has 0 radical (unpaired) electrons. The van der Waals surface area contributed by atoms with Crippen molar-refractivity contribution in [3.05, 3.63) is 23.8 Å². The number of amides is 2. The summed E-state index contributed by atoms with van der Waals surface area (Å²) in [6, 6.07) is 5.69. The van der Waals surface area contributed by atoms with Gasteiger partial charge in [-0.25, -0.2) is 0 Å². The Morgan fingerprint density at radius 3 is 2.79 bits per heavy atom. The number of likely N-dealkylation sites (tertiary alicyclic amines) is 1. The van der Waals surface area contributed by atoms with Gasteiger partial charge in [-0.3, -0.25) is 9.59 Å². The van der Waals surface area contributed by atoms with Gasteiger partial charge in [0.15, 0.2) is 11.5 Å². The van der Waals surface area contributed by atoms with Gasteiger partial charge in [0.1, 0.15) is 0 Å². The second kappa shape index (κ2) is 8.25. The van der Waals surface area contributed by atoms with Crippen LogP contribution in [0.15, 0.2) is 18.2 Å². The molecule has 1 heterocycles. The molecular formula is C18H22N2O4. The molecule has 0 unspecified atom stereocenters. The lowest BCUT2D eigenvalue weighted by molar-refractivity contribution is -0.128. The molecule has 1 aromatic rings. The summed E-state index contributed by atoms with van der Waals surface area (Å²) >= 11 is 0. The molecular weight excluding hydrogens is 308 g/mol. The Bertz CT molecular complexity index is 651. The van der Waals surface area contributed by atoms with Crippen LogP contribution in [0.2, 0.25) is 0 Å². The van der Waals surface area contributed by atoms with Gasteiger partial charge in [-0.05, 0) is 24.1 Å². The van der Waals surface area contributed by atoms with Crippen molar-refractivity contribution in [1.29, 1.82) is 0 Å². The van der Waals surface area contributed by atoms with Crippen molar-refractivity contribution in [3.63, 3.8) is 0 Å². The number of hydrogen-bond acceptors (Lipinski definition) is 4. The standard InChI is InChI=1S/C18H22N2O4/c1-4-8-19-18(22)14-11-17(21)20(12-14)9-7-13-5-6-15(23-2)16(10-13)24-3/h1,5-6,10,14H,7-9,11-12H2,2-3H3,(H,19,22)/t14-/m1/s1. The largest absolute Gasteiger partial charge is 0.493 e. The maximum Gasteiger partial charge on any atom is 0.226 e. The summed E-state index contributed by atoms with van der Waals surface area (Å²) in [5, 5.41) is 2.63. The molecule has 0 bridgehead atoms. The molecule has 128 valence electrons. The summed E-state index contributed by atoms with van der Waals surface area (Å²) in [6.45, 7) is 1.19. The summed E-state index contributed by atoms with van der Waals surface area (Å²) in [7, 11) is 3.18. The molecule has 2 rings (SSSR count). The maximum absolute atomic E-state index is 12.1. The molecule has 1 fully saturated rings. The quantitative estimate of drug-likeness (QED) is 0.753. The highest BCUT2D eigenvalue weighted by Crippen LogP contribution is 2.28. The first kappa shape index (κ1) is 17.7. The van der Waals surface area contributed by atoms with Crippen molar-refractivity contribution >= 4 is 11.8 Å². The Morgan fingerprint density at radius 1 is 1.38 bits per heavy atom. The third kappa shape index (κ3) is 4.19. The second-order valence-electron chi connectivity index (χ2n) is 5.60.